The van der Waals surface area contributed by atoms with Crippen molar-refractivity contribution in [2.45, 2.75) is 95.2 Å². The number of aryl methyl sites for hydroxylation is 2. The summed E-state index contributed by atoms with van der Waals surface area (Å²) < 4.78 is 35.0. The number of hydrogen-bond acceptors (Lipinski definition) is 6. The summed E-state index contributed by atoms with van der Waals surface area (Å²) in [5.74, 6) is -0.232. The predicted molar refractivity (Wildman–Crippen MR) is 190 cm³/mol. The molecule has 3 N–H and O–H groups in total. The molecular weight excluding hydrogens is 674 g/mol. The Balaban J connectivity index is 1.13. The maximum atomic E-state index is 16.3. The molecule has 4 aromatic heterocycles. The summed E-state index contributed by atoms with van der Waals surface area (Å²) >= 11 is 6.21. The molecule has 5 aromatic rings. The lowest BCUT2D eigenvalue weighted by Gasteiger charge is -2.37. The van der Waals surface area contributed by atoms with E-state index in [9.17, 15) is 14.0 Å². The molecule has 6 atom stereocenters. The van der Waals surface area contributed by atoms with Crippen molar-refractivity contribution >= 4 is 45.5 Å². The summed E-state index contributed by atoms with van der Waals surface area (Å²) in [5.41, 5.74) is 10.4. The van der Waals surface area contributed by atoms with Gasteiger partial charge in [-0.1, -0.05) is 18.0 Å². The molecule has 1 aromatic carbocycles. The van der Waals surface area contributed by atoms with Crippen LogP contribution in [-0.4, -0.2) is 65.6 Å². The molecule has 13 heteroatoms. The van der Waals surface area contributed by atoms with Gasteiger partial charge in [-0.25, -0.2) is 23.7 Å². The number of nitrogens with two attached hydrogens (primary N) is 1. The van der Waals surface area contributed by atoms with E-state index in [1.807, 2.05) is 25.1 Å². The number of benzene rings is 1. The van der Waals surface area contributed by atoms with Gasteiger partial charge < -0.3 is 25.1 Å². The van der Waals surface area contributed by atoms with E-state index in [4.69, 9.17) is 27.3 Å². The number of hydrogen-bond donors (Lipinski definition) is 2. The second-order valence-electron chi connectivity index (χ2n) is 14.8. The van der Waals surface area contributed by atoms with Gasteiger partial charge in [-0.2, -0.15) is 0 Å². The Morgan fingerprint density at radius 3 is 2.71 bits per heavy atom. The summed E-state index contributed by atoms with van der Waals surface area (Å²) in [4.78, 5) is 43.5. The van der Waals surface area contributed by atoms with Crippen molar-refractivity contribution in [3.63, 3.8) is 0 Å². The quantitative estimate of drug-likeness (QED) is 0.201. The van der Waals surface area contributed by atoms with Gasteiger partial charge in [-0.3, -0.25) is 9.59 Å². The van der Waals surface area contributed by atoms with Gasteiger partial charge in [-0.05, 0) is 93.8 Å². The zero-order chi connectivity index (χ0) is 35.1. The molecule has 2 amide bonds. The minimum atomic E-state index is -1.13. The van der Waals surface area contributed by atoms with Gasteiger partial charge >= 0.3 is 0 Å². The van der Waals surface area contributed by atoms with Crippen LogP contribution < -0.4 is 11.1 Å². The van der Waals surface area contributed by atoms with Crippen molar-refractivity contribution in [3.05, 3.63) is 75.9 Å². The number of likely N-dealkylation sites (tertiary alicyclic amines) is 1. The standard InChI is InChI=1S/C38H39ClF2N8O2/c1-19-28-10-7-21-16-32(47(35(21)45-28)12-4-2-3-5-29-24(37(50)43-19)9-11-33(39)44-29)36-46-30-15-22(14-26(41)34(30)49(36)31-17-25(31)40)38(51)48-18-27(42)20-6-8-23(48)13-20/h7,9-11,14-16,19-20,23,25,27,31H,2-6,8,12-13,17-18,42H2,1H3,(H,43,50)/t19-,20-,23+,25-,27+,31+/m1/s1. The Hall–Kier alpha value is -4.42. The zero-order valence-electron chi connectivity index (χ0n) is 28.3. The van der Waals surface area contributed by atoms with Crippen molar-refractivity contribution in [1.82, 2.24) is 34.3 Å². The molecule has 6 heterocycles. The van der Waals surface area contributed by atoms with E-state index in [2.05, 4.69) is 14.9 Å². The van der Waals surface area contributed by atoms with E-state index < -0.39 is 24.1 Å². The summed E-state index contributed by atoms with van der Waals surface area (Å²) in [7, 11) is 0. The molecule has 1 saturated heterocycles. The lowest BCUT2D eigenvalue weighted by molar-refractivity contribution is 0.0603. The predicted octanol–water partition coefficient (Wildman–Crippen LogP) is 6.69. The number of alkyl halides is 1. The van der Waals surface area contributed by atoms with Gasteiger partial charge in [0.15, 0.2) is 5.82 Å². The molecular formula is C38H39ClF2N8O2. The number of amides is 2. The number of aromatic nitrogens is 5. The Labute approximate surface area is 298 Å². The smallest absolute Gasteiger partial charge is 0.254 e. The number of nitrogens with zero attached hydrogens (tertiary/aromatic N) is 6. The molecule has 0 unspecified atom stereocenters. The summed E-state index contributed by atoms with van der Waals surface area (Å²) in [6, 6.07) is 11.1. The van der Waals surface area contributed by atoms with E-state index in [0.717, 1.165) is 43.9 Å². The highest BCUT2D eigenvalue weighted by atomic mass is 35.5. The number of imidazole rings is 1. The zero-order valence-corrected chi connectivity index (χ0v) is 29.0. The molecule has 2 saturated carbocycles. The molecule has 9 rings (SSSR count). The highest BCUT2D eigenvalue weighted by molar-refractivity contribution is 6.29. The van der Waals surface area contributed by atoms with Crippen molar-refractivity contribution in [3.8, 4) is 11.5 Å². The Morgan fingerprint density at radius 1 is 1.04 bits per heavy atom. The first-order chi connectivity index (χ1) is 24.6. The van der Waals surface area contributed by atoms with Crippen LogP contribution in [0.25, 0.3) is 33.6 Å². The van der Waals surface area contributed by atoms with E-state index in [0.29, 0.717) is 70.2 Å². The second kappa shape index (κ2) is 12.4. The van der Waals surface area contributed by atoms with E-state index >= 15 is 4.39 Å². The van der Waals surface area contributed by atoms with Crippen molar-refractivity contribution in [2.24, 2.45) is 11.7 Å². The third kappa shape index (κ3) is 5.58. The van der Waals surface area contributed by atoms with Crippen LogP contribution in [0.3, 0.4) is 0 Å². The lowest BCUT2D eigenvalue weighted by Crippen LogP contribution is -2.51. The van der Waals surface area contributed by atoms with Crippen LogP contribution in [-0.2, 0) is 13.0 Å². The first kappa shape index (κ1) is 32.5. The van der Waals surface area contributed by atoms with E-state index in [1.165, 1.54) is 6.07 Å². The fourth-order valence-electron chi connectivity index (χ4n) is 8.59. The second-order valence-corrected chi connectivity index (χ2v) is 15.2. The van der Waals surface area contributed by atoms with Gasteiger partial charge in [0, 0.05) is 42.5 Å². The number of piperidine rings is 1. The molecule has 0 radical (unpaired) electrons. The number of fused-ring (bicyclic) bond motifs is 5. The first-order valence-electron chi connectivity index (χ1n) is 18.0. The number of carbonyl (C=O) groups excluding carboxylic acids is 2. The fourth-order valence-corrected chi connectivity index (χ4v) is 8.75. The maximum absolute atomic E-state index is 16.3. The van der Waals surface area contributed by atoms with Gasteiger partial charge in [-0.15, -0.1) is 0 Å². The molecule has 0 spiro atoms. The van der Waals surface area contributed by atoms with Crippen LogP contribution in [0.4, 0.5) is 8.78 Å². The molecule has 51 heavy (non-hydrogen) atoms. The first-order valence-corrected chi connectivity index (χ1v) is 18.4. The minimum Gasteiger partial charge on any atom is -0.344 e. The van der Waals surface area contributed by atoms with Crippen LogP contribution in [0.15, 0.2) is 42.5 Å². The SMILES string of the molecule is C[C@H]1NC(=O)c2ccc(Cl)nc2CCCCCn2c(-c3nc4cc(C(=O)N5C[C@H](N)[C@@H]6CC[C@H]5C6)cc(F)c4n3[C@H]3C[C@H]3F)cc3ccc1nc32. The van der Waals surface area contributed by atoms with Crippen LogP contribution >= 0.6 is 11.6 Å². The van der Waals surface area contributed by atoms with Crippen LogP contribution in [0, 0.1) is 11.7 Å². The largest absolute Gasteiger partial charge is 0.344 e. The summed E-state index contributed by atoms with van der Waals surface area (Å²) in [6.45, 7) is 2.92. The van der Waals surface area contributed by atoms with E-state index in [1.54, 1.807) is 27.7 Å². The average Bonchev–Trinajstić information content (AvgIpc) is 3.42. The third-order valence-electron chi connectivity index (χ3n) is 11.4. The van der Waals surface area contributed by atoms with Gasteiger partial charge in [0.25, 0.3) is 11.8 Å². The topological polar surface area (TPSA) is 124 Å². The molecule has 4 aliphatic rings. The molecule has 10 nitrogen and oxygen atoms in total. The monoisotopic (exact) mass is 712 g/mol. The van der Waals surface area contributed by atoms with Gasteiger partial charge in [0.2, 0.25) is 0 Å². The Morgan fingerprint density at radius 2 is 1.88 bits per heavy atom. The maximum Gasteiger partial charge on any atom is 0.254 e. The number of pyridine rings is 2. The summed E-state index contributed by atoms with van der Waals surface area (Å²) in [6.07, 6.45) is 4.89. The molecule has 2 aliphatic heterocycles. The minimum absolute atomic E-state index is 0.0902. The number of halogens is 3. The van der Waals surface area contributed by atoms with Crippen LogP contribution in [0.5, 0.6) is 0 Å². The normalized spacial score (nSPS) is 26.4. The highest BCUT2D eigenvalue weighted by Crippen LogP contribution is 2.45. The Kier molecular flexibility index (Phi) is 7.88. The van der Waals surface area contributed by atoms with Gasteiger partial charge in [0.05, 0.1) is 40.2 Å². The van der Waals surface area contributed by atoms with Crippen molar-refractivity contribution in [2.75, 3.05) is 6.54 Å². The van der Waals surface area contributed by atoms with Gasteiger partial charge in [0.1, 0.15) is 28.3 Å². The highest BCUT2D eigenvalue weighted by Gasteiger charge is 2.44. The van der Waals surface area contributed by atoms with Crippen molar-refractivity contribution < 1.29 is 18.4 Å². The average molecular weight is 713 g/mol. The summed E-state index contributed by atoms with van der Waals surface area (Å²) in [5, 5.41) is 4.26. The number of carbonyl (C=O) groups is 2. The lowest BCUT2D eigenvalue weighted by atomic mass is 9.94. The molecule has 3 fully saturated rings. The van der Waals surface area contributed by atoms with Crippen LogP contribution in [0.1, 0.15) is 96.1 Å². The Bertz CT molecular complexity index is 2230. The number of rotatable bonds is 3. The van der Waals surface area contributed by atoms with Crippen molar-refractivity contribution in [1.29, 1.82) is 0 Å². The molecule has 4 bridgehead atoms. The fraction of sp³-hybridized carbons (Fsp3) is 0.447. The van der Waals surface area contributed by atoms with E-state index in [-0.39, 0.29) is 41.4 Å². The van der Waals surface area contributed by atoms with Crippen LogP contribution in [0.2, 0.25) is 5.15 Å². The molecule has 264 valence electrons. The number of nitrogens with one attached hydrogen (secondary N) is 1. The third-order valence-corrected chi connectivity index (χ3v) is 11.6. The molecule has 2 aliphatic carbocycles.